The number of fused-ring (bicyclic) bond motifs is 1. The fourth-order valence-electron chi connectivity index (χ4n) is 5.27. The van der Waals surface area contributed by atoms with Gasteiger partial charge in [0.15, 0.2) is 0 Å². The Morgan fingerprint density at radius 3 is 1.21 bits per heavy atom. The summed E-state index contributed by atoms with van der Waals surface area (Å²) in [6.07, 6.45) is 0. The number of hydrogen-bond donors (Lipinski definition) is 0. The maximum absolute atomic E-state index is 13.7. The maximum atomic E-state index is 13.7. The number of anilines is 2. The normalized spacial score (nSPS) is 16.2. The first-order valence-electron chi connectivity index (χ1n) is 11.4. The fraction of sp³-hybridized carbons (Fsp3) is 0. The number of hydrogen-bond acceptors (Lipinski definition) is 6. The molecule has 0 radical (unpaired) electrons. The molecule has 3 aliphatic heterocycles. The van der Waals surface area contributed by atoms with E-state index in [4.69, 9.17) is 11.8 Å². The van der Waals surface area contributed by atoms with Crippen LogP contribution in [0.3, 0.4) is 0 Å². The van der Waals surface area contributed by atoms with Crippen LogP contribution >= 0.6 is 11.8 Å². The maximum Gasteiger partial charge on any atom is 0.276 e. The van der Waals surface area contributed by atoms with Crippen LogP contribution < -0.4 is 9.80 Å². The van der Waals surface area contributed by atoms with Crippen molar-refractivity contribution in [1.29, 1.82) is 0 Å². The minimum atomic E-state index is -0.746. The molecule has 4 aromatic rings. The lowest BCUT2D eigenvalue weighted by molar-refractivity contribution is 0.0724. The van der Waals surface area contributed by atoms with Crippen molar-refractivity contribution in [2.24, 2.45) is 0 Å². The van der Waals surface area contributed by atoms with Crippen molar-refractivity contribution in [3.05, 3.63) is 106 Å². The average Bonchev–Trinajstić information content (AvgIpc) is 3.19. The highest BCUT2D eigenvalue weighted by Crippen LogP contribution is 2.40. The second kappa shape index (κ2) is 7.44. The van der Waals surface area contributed by atoms with E-state index in [9.17, 15) is 28.8 Å². The molecule has 3 heterocycles. The van der Waals surface area contributed by atoms with Gasteiger partial charge in [-0.05, 0) is 54.6 Å². The van der Waals surface area contributed by atoms with Crippen LogP contribution in [0.15, 0.2) is 72.8 Å². The molecule has 0 spiro atoms. The van der Waals surface area contributed by atoms with Crippen LogP contribution in [0, 0.1) is 0 Å². The minimum Gasteiger partial charge on any atom is -0.268 e. The van der Waals surface area contributed by atoms with E-state index < -0.39 is 35.4 Å². The predicted octanol–water partition coefficient (Wildman–Crippen LogP) is 4.19. The molecule has 38 heavy (non-hydrogen) atoms. The molecule has 0 fully saturated rings. The Morgan fingerprint density at radius 2 is 0.789 bits per heavy atom. The van der Waals surface area contributed by atoms with Crippen molar-refractivity contribution in [3.8, 4) is 0 Å². The van der Waals surface area contributed by atoms with Crippen molar-refractivity contribution < 1.29 is 28.8 Å². The Hall–Kier alpha value is -5.15. The quantitative estimate of drug-likeness (QED) is 0.289. The van der Waals surface area contributed by atoms with Gasteiger partial charge in [-0.15, -0.1) is 0 Å². The van der Waals surface area contributed by atoms with Gasteiger partial charge in [-0.3, -0.25) is 28.8 Å². The molecule has 0 bridgehead atoms. The first-order valence-corrected chi connectivity index (χ1v) is 11.7. The molecular formula is C28H12ClN3O6. The number of carbonyl (C=O) groups is 6. The van der Waals surface area contributed by atoms with Crippen LogP contribution in [-0.2, 0) is 0 Å². The Labute approximate surface area is 218 Å². The summed E-state index contributed by atoms with van der Waals surface area (Å²) in [7, 11) is 0. The van der Waals surface area contributed by atoms with Crippen molar-refractivity contribution in [1.82, 2.24) is 4.42 Å². The molecule has 6 amide bonds. The lowest BCUT2D eigenvalue weighted by atomic mass is 9.86. The van der Waals surface area contributed by atoms with Gasteiger partial charge in [0.25, 0.3) is 35.4 Å². The van der Waals surface area contributed by atoms with Crippen molar-refractivity contribution in [3.63, 3.8) is 0 Å². The molecule has 0 saturated heterocycles. The number of halogens is 1. The van der Waals surface area contributed by atoms with Gasteiger partial charge in [0.2, 0.25) is 0 Å². The Morgan fingerprint density at radius 1 is 0.421 bits per heavy atom. The summed E-state index contributed by atoms with van der Waals surface area (Å²) >= 11 is 5.88. The Balaban J connectivity index is 1.35. The molecule has 9 nitrogen and oxygen atoms in total. The van der Waals surface area contributed by atoms with E-state index >= 15 is 0 Å². The fourth-order valence-corrected chi connectivity index (χ4v) is 5.46. The third kappa shape index (κ3) is 2.65. The zero-order valence-electron chi connectivity index (χ0n) is 19.1. The van der Waals surface area contributed by atoms with E-state index in [1.165, 1.54) is 42.5 Å². The van der Waals surface area contributed by atoms with E-state index in [1.54, 1.807) is 30.3 Å². The number of benzene rings is 4. The highest BCUT2D eigenvalue weighted by atomic mass is 35.5. The van der Waals surface area contributed by atoms with Crippen LogP contribution in [-0.4, -0.2) is 39.9 Å². The third-order valence-electron chi connectivity index (χ3n) is 6.99. The molecule has 0 aliphatic carbocycles. The van der Waals surface area contributed by atoms with Crippen LogP contribution in [0.25, 0.3) is 10.8 Å². The van der Waals surface area contributed by atoms with Crippen LogP contribution in [0.5, 0.6) is 0 Å². The number of rotatable bonds is 2. The molecule has 182 valence electrons. The summed E-state index contributed by atoms with van der Waals surface area (Å²) in [5.74, 6) is -3.87. The van der Waals surface area contributed by atoms with Gasteiger partial charge in [0.1, 0.15) is 0 Å². The van der Waals surface area contributed by atoms with E-state index in [-0.39, 0.29) is 55.5 Å². The van der Waals surface area contributed by atoms with Gasteiger partial charge in [-0.2, -0.15) is 4.42 Å². The first-order chi connectivity index (χ1) is 18.3. The molecule has 0 atom stereocenters. The number of imide groups is 3. The van der Waals surface area contributed by atoms with E-state index in [0.717, 1.165) is 9.80 Å². The van der Waals surface area contributed by atoms with Gasteiger partial charge in [0.05, 0.1) is 22.5 Å². The van der Waals surface area contributed by atoms with Crippen LogP contribution in [0.4, 0.5) is 11.4 Å². The summed E-state index contributed by atoms with van der Waals surface area (Å²) < 4.78 is 0.475. The van der Waals surface area contributed by atoms with Gasteiger partial charge in [-0.1, -0.05) is 18.2 Å². The topological polar surface area (TPSA) is 112 Å². The first kappa shape index (κ1) is 22.1. The van der Waals surface area contributed by atoms with Crippen molar-refractivity contribution in [2.75, 3.05) is 9.80 Å². The summed E-state index contributed by atoms with van der Waals surface area (Å²) in [4.78, 5) is 80.5. The highest BCUT2D eigenvalue weighted by molar-refractivity contribution is 6.43. The van der Waals surface area contributed by atoms with Gasteiger partial charge >= 0.3 is 0 Å². The van der Waals surface area contributed by atoms with Crippen molar-refractivity contribution >= 4 is 69.4 Å². The number of amides is 6. The second-order valence-corrected chi connectivity index (χ2v) is 9.26. The third-order valence-corrected chi connectivity index (χ3v) is 7.29. The Bertz CT molecular complexity index is 1770. The van der Waals surface area contributed by atoms with E-state index in [0.29, 0.717) is 4.42 Å². The molecule has 3 aliphatic rings. The largest absolute Gasteiger partial charge is 0.276 e. The number of nitrogens with zero attached hydrogens (tertiary/aromatic N) is 3. The second-order valence-electron chi connectivity index (χ2n) is 8.92. The SMILES string of the molecule is O=C1c2ccc3c4c(ccc(c24)C(=O)N1Cl)C(=O)N(c1cccc(N2C(=O)c4ccccc4C2=O)c1)C3=O. The molecular weight excluding hydrogens is 510 g/mol. The smallest absolute Gasteiger partial charge is 0.268 e. The molecule has 0 saturated carbocycles. The van der Waals surface area contributed by atoms with Crippen LogP contribution in [0.1, 0.15) is 62.1 Å². The minimum absolute atomic E-state index is 0.108. The molecule has 7 rings (SSSR count). The van der Waals surface area contributed by atoms with E-state index in [1.807, 2.05) is 0 Å². The summed E-state index contributed by atoms with van der Waals surface area (Å²) in [5.41, 5.74) is 1.33. The van der Waals surface area contributed by atoms with Gasteiger partial charge < -0.3 is 0 Å². The van der Waals surface area contributed by atoms with E-state index in [2.05, 4.69) is 0 Å². The van der Waals surface area contributed by atoms with Crippen molar-refractivity contribution in [2.45, 2.75) is 0 Å². The summed E-state index contributed by atoms with van der Waals surface area (Å²) in [6, 6.07) is 18.1. The van der Waals surface area contributed by atoms with Gasteiger partial charge in [0, 0.05) is 44.8 Å². The molecule has 0 unspecified atom stereocenters. The average molecular weight is 522 g/mol. The number of carbonyl (C=O) groups excluding carboxylic acids is 6. The predicted molar refractivity (Wildman–Crippen MR) is 135 cm³/mol. The van der Waals surface area contributed by atoms with Crippen LogP contribution in [0.2, 0.25) is 0 Å². The lowest BCUT2D eigenvalue weighted by Gasteiger charge is -2.30. The Kier molecular flexibility index (Phi) is 4.32. The molecule has 0 aromatic heterocycles. The van der Waals surface area contributed by atoms with Gasteiger partial charge in [-0.25, -0.2) is 9.80 Å². The summed E-state index contributed by atoms with van der Waals surface area (Å²) in [5, 5.41) is 0.405. The standard InChI is InChI=1S/C28H12ClN3O6/c29-32-27(37)19-10-8-17-21-18(9-11-20(22(19)21)28(32)38)26(36)31(25(17)35)14-5-3-4-13(12-14)30-23(33)15-6-1-2-7-16(15)24(30)34/h1-12H. The zero-order chi connectivity index (χ0) is 26.5. The lowest BCUT2D eigenvalue weighted by Crippen LogP contribution is -2.41. The monoisotopic (exact) mass is 521 g/mol. The molecule has 0 N–H and O–H groups in total. The molecule has 10 heteroatoms. The zero-order valence-corrected chi connectivity index (χ0v) is 19.9. The highest BCUT2D eigenvalue weighted by Gasteiger charge is 2.41. The molecule has 4 aromatic carbocycles. The summed E-state index contributed by atoms with van der Waals surface area (Å²) in [6.45, 7) is 0.